The summed E-state index contributed by atoms with van der Waals surface area (Å²) in [6, 6.07) is 0.596. The molecule has 0 aromatic rings. The lowest BCUT2D eigenvalue weighted by molar-refractivity contribution is 0.313. The molecule has 0 radical (unpaired) electrons. The highest BCUT2D eigenvalue weighted by molar-refractivity contribution is 5.83. The third kappa shape index (κ3) is 2.49. The van der Waals surface area contributed by atoms with Crippen molar-refractivity contribution in [2.24, 2.45) is 22.6 Å². The largest absolute Gasteiger partial charge is 0.387 e. The Morgan fingerprint density at radius 2 is 1.79 bits per heavy atom. The quantitative estimate of drug-likeness (QED) is 0.544. The van der Waals surface area contributed by atoms with Crippen molar-refractivity contribution in [1.82, 2.24) is 0 Å². The van der Waals surface area contributed by atoms with Gasteiger partial charge in [-0.1, -0.05) is 13.3 Å². The molecule has 2 aliphatic carbocycles. The Kier molecular flexibility index (Phi) is 3.09. The predicted octanol–water partition coefficient (Wildman–Crippen LogP) is 2.72. The molecular formula is C12H22N2. The van der Waals surface area contributed by atoms with Gasteiger partial charge in [0.15, 0.2) is 0 Å². The van der Waals surface area contributed by atoms with Gasteiger partial charge in [-0.05, 0) is 44.4 Å². The summed E-state index contributed by atoms with van der Waals surface area (Å²) in [5.74, 6) is 2.53. The zero-order valence-corrected chi connectivity index (χ0v) is 9.21. The molecule has 0 aromatic heterocycles. The van der Waals surface area contributed by atoms with Crippen molar-refractivity contribution >= 4 is 5.84 Å². The number of hydrogen-bond acceptors (Lipinski definition) is 1. The van der Waals surface area contributed by atoms with Gasteiger partial charge in [-0.25, -0.2) is 0 Å². The molecule has 14 heavy (non-hydrogen) atoms. The van der Waals surface area contributed by atoms with Crippen LogP contribution in [0.5, 0.6) is 0 Å². The first kappa shape index (κ1) is 10.0. The van der Waals surface area contributed by atoms with E-state index in [9.17, 15) is 0 Å². The summed E-state index contributed by atoms with van der Waals surface area (Å²) < 4.78 is 0. The number of nitrogens with two attached hydrogens (primary N) is 1. The van der Waals surface area contributed by atoms with Gasteiger partial charge in [0, 0.05) is 5.92 Å². The van der Waals surface area contributed by atoms with Gasteiger partial charge in [-0.15, -0.1) is 0 Å². The fraction of sp³-hybridized carbons (Fsp3) is 0.917. The second-order valence-corrected chi connectivity index (χ2v) is 4.91. The monoisotopic (exact) mass is 194 g/mol. The van der Waals surface area contributed by atoms with Gasteiger partial charge in [-0.2, -0.15) is 0 Å². The molecule has 0 heterocycles. The van der Waals surface area contributed by atoms with E-state index in [0.717, 1.165) is 11.8 Å². The molecule has 80 valence electrons. The van der Waals surface area contributed by atoms with E-state index in [1.54, 1.807) is 0 Å². The van der Waals surface area contributed by atoms with Crippen LogP contribution in [0.15, 0.2) is 4.99 Å². The predicted molar refractivity (Wildman–Crippen MR) is 60.4 cm³/mol. The second kappa shape index (κ2) is 4.33. The Labute approximate surface area is 87.0 Å². The van der Waals surface area contributed by atoms with Crippen molar-refractivity contribution < 1.29 is 0 Å². The first-order valence-electron chi connectivity index (χ1n) is 6.12. The van der Waals surface area contributed by atoms with Gasteiger partial charge in [0.25, 0.3) is 0 Å². The SMILES string of the molecule is CCC1CCC(C(N)=NC2CC2)CC1. The van der Waals surface area contributed by atoms with Gasteiger partial charge in [-0.3, -0.25) is 4.99 Å². The Hall–Kier alpha value is -0.530. The number of hydrogen-bond donors (Lipinski definition) is 1. The van der Waals surface area contributed by atoms with E-state index in [-0.39, 0.29) is 0 Å². The maximum absolute atomic E-state index is 6.03. The highest BCUT2D eigenvalue weighted by Gasteiger charge is 2.25. The standard InChI is InChI=1S/C12H22N2/c1-2-9-3-5-10(6-4-9)12(13)14-11-7-8-11/h9-11H,2-8H2,1H3,(H2,13,14). The first-order valence-corrected chi connectivity index (χ1v) is 6.12. The molecule has 0 amide bonds. The van der Waals surface area contributed by atoms with Crippen LogP contribution in [0.2, 0.25) is 0 Å². The van der Waals surface area contributed by atoms with Crippen LogP contribution >= 0.6 is 0 Å². The van der Waals surface area contributed by atoms with Crippen molar-refractivity contribution in [3.8, 4) is 0 Å². The maximum atomic E-state index is 6.03. The van der Waals surface area contributed by atoms with Crippen molar-refractivity contribution in [2.75, 3.05) is 0 Å². The van der Waals surface area contributed by atoms with Crippen LogP contribution in [0.25, 0.3) is 0 Å². The Balaban J connectivity index is 1.81. The molecule has 0 saturated heterocycles. The lowest BCUT2D eigenvalue weighted by atomic mass is 9.80. The molecule has 0 unspecified atom stereocenters. The summed E-state index contributed by atoms with van der Waals surface area (Å²) in [5, 5.41) is 0. The van der Waals surface area contributed by atoms with Gasteiger partial charge < -0.3 is 5.73 Å². The van der Waals surface area contributed by atoms with Crippen LogP contribution in [0.3, 0.4) is 0 Å². The van der Waals surface area contributed by atoms with E-state index in [1.807, 2.05) is 0 Å². The first-order chi connectivity index (χ1) is 6.79. The molecule has 0 atom stereocenters. The van der Waals surface area contributed by atoms with E-state index >= 15 is 0 Å². The zero-order valence-electron chi connectivity index (χ0n) is 9.21. The van der Waals surface area contributed by atoms with Crippen LogP contribution < -0.4 is 5.73 Å². The van der Waals surface area contributed by atoms with Crippen LogP contribution in [-0.2, 0) is 0 Å². The van der Waals surface area contributed by atoms with Crippen LogP contribution in [0.4, 0.5) is 0 Å². The van der Waals surface area contributed by atoms with E-state index in [2.05, 4.69) is 11.9 Å². The number of amidine groups is 1. The minimum absolute atomic E-state index is 0.596. The summed E-state index contributed by atoms with van der Waals surface area (Å²) in [5.41, 5.74) is 6.03. The lowest BCUT2D eigenvalue weighted by Crippen LogP contribution is -2.28. The molecule has 2 nitrogen and oxygen atoms in total. The molecule has 2 N–H and O–H groups in total. The molecule has 0 aliphatic heterocycles. The summed E-state index contributed by atoms with van der Waals surface area (Å²) in [6.45, 7) is 2.30. The van der Waals surface area contributed by atoms with E-state index < -0.39 is 0 Å². The van der Waals surface area contributed by atoms with E-state index in [4.69, 9.17) is 5.73 Å². The van der Waals surface area contributed by atoms with Gasteiger partial charge in [0.2, 0.25) is 0 Å². The Morgan fingerprint density at radius 1 is 1.14 bits per heavy atom. The molecule has 2 fully saturated rings. The topological polar surface area (TPSA) is 38.4 Å². The van der Waals surface area contributed by atoms with E-state index in [1.165, 1.54) is 44.9 Å². The summed E-state index contributed by atoms with van der Waals surface area (Å²) in [6.07, 6.45) is 9.16. The zero-order chi connectivity index (χ0) is 9.97. The molecule has 0 aromatic carbocycles. The van der Waals surface area contributed by atoms with Crippen molar-refractivity contribution in [1.29, 1.82) is 0 Å². The van der Waals surface area contributed by atoms with Crippen molar-refractivity contribution in [3.63, 3.8) is 0 Å². The summed E-state index contributed by atoms with van der Waals surface area (Å²) in [7, 11) is 0. The lowest BCUT2D eigenvalue weighted by Gasteiger charge is -2.27. The Bertz CT molecular complexity index is 210. The maximum Gasteiger partial charge on any atom is 0.0971 e. The second-order valence-electron chi connectivity index (χ2n) is 4.91. The van der Waals surface area contributed by atoms with E-state index in [0.29, 0.717) is 12.0 Å². The van der Waals surface area contributed by atoms with Gasteiger partial charge >= 0.3 is 0 Å². The fourth-order valence-electron chi connectivity index (χ4n) is 2.39. The summed E-state index contributed by atoms with van der Waals surface area (Å²) >= 11 is 0. The smallest absolute Gasteiger partial charge is 0.0971 e. The third-order valence-electron chi connectivity index (χ3n) is 3.72. The minimum Gasteiger partial charge on any atom is -0.387 e. The number of aliphatic imine (C=N–C) groups is 1. The molecule has 2 rings (SSSR count). The van der Waals surface area contributed by atoms with Gasteiger partial charge in [0.05, 0.1) is 11.9 Å². The van der Waals surface area contributed by atoms with Crippen LogP contribution in [-0.4, -0.2) is 11.9 Å². The van der Waals surface area contributed by atoms with Crippen molar-refractivity contribution in [3.05, 3.63) is 0 Å². The van der Waals surface area contributed by atoms with Crippen LogP contribution in [0.1, 0.15) is 51.9 Å². The summed E-state index contributed by atoms with van der Waals surface area (Å²) in [4.78, 5) is 4.56. The molecule has 0 bridgehead atoms. The van der Waals surface area contributed by atoms with Crippen LogP contribution in [0, 0.1) is 11.8 Å². The normalized spacial score (nSPS) is 34.5. The Morgan fingerprint density at radius 3 is 2.29 bits per heavy atom. The van der Waals surface area contributed by atoms with Gasteiger partial charge in [0.1, 0.15) is 0 Å². The number of rotatable bonds is 3. The molecule has 2 saturated carbocycles. The fourth-order valence-corrected chi connectivity index (χ4v) is 2.39. The molecular weight excluding hydrogens is 172 g/mol. The minimum atomic E-state index is 0.596. The third-order valence-corrected chi connectivity index (χ3v) is 3.72. The average molecular weight is 194 g/mol. The molecule has 0 spiro atoms. The van der Waals surface area contributed by atoms with Crippen molar-refractivity contribution in [2.45, 2.75) is 57.9 Å². The molecule has 2 aliphatic rings. The molecule has 2 heteroatoms. The highest BCUT2D eigenvalue weighted by atomic mass is 14.9. The highest BCUT2D eigenvalue weighted by Crippen LogP contribution is 2.32. The number of nitrogens with zero attached hydrogens (tertiary/aromatic N) is 1. The average Bonchev–Trinajstić information content (AvgIpc) is 3.02.